The zero-order valence-electron chi connectivity index (χ0n) is 14.8. The predicted molar refractivity (Wildman–Crippen MR) is 91.6 cm³/mol. The number of carbonyl (C=O) groups excluding carboxylic acids is 1. The first kappa shape index (κ1) is 16.4. The molecule has 1 fully saturated rings. The highest BCUT2D eigenvalue weighted by atomic mass is 16.5. The summed E-state index contributed by atoms with van der Waals surface area (Å²) in [5.41, 5.74) is 3.94. The first-order chi connectivity index (χ1) is 12.2. The van der Waals surface area contributed by atoms with Crippen LogP contribution < -0.4 is 0 Å². The summed E-state index contributed by atoms with van der Waals surface area (Å²) in [7, 11) is 0. The molecule has 6 heteroatoms. The van der Waals surface area contributed by atoms with Crippen LogP contribution in [0.3, 0.4) is 0 Å². The molecule has 2 aromatic heterocycles. The van der Waals surface area contributed by atoms with Crippen molar-refractivity contribution in [2.24, 2.45) is 0 Å². The molecule has 1 aliphatic carbocycles. The van der Waals surface area contributed by atoms with Crippen LogP contribution in [0, 0.1) is 6.92 Å². The Morgan fingerprint density at radius 2 is 2.28 bits per heavy atom. The zero-order chi connectivity index (χ0) is 17.4. The Kier molecular flexibility index (Phi) is 4.37. The molecular weight excluding hydrogens is 320 g/mol. The molecule has 1 unspecified atom stereocenters. The number of hydrogen-bond acceptors (Lipinski definition) is 5. The molecule has 0 amide bonds. The first-order valence-electron chi connectivity index (χ1n) is 9.15. The van der Waals surface area contributed by atoms with Gasteiger partial charge in [-0.05, 0) is 45.1 Å². The number of aryl methyl sites for hydroxylation is 2. The quantitative estimate of drug-likeness (QED) is 0.796. The minimum Gasteiger partial charge on any atom is -0.460 e. The van der Waals surface area contributed by atoms with E-state index in [0.717, 1.165) is 61.4 Å². The van der Waals surface area contributed by atoms with E-state index in [1.54, 1.807) is 6.92 Å². The van der Waals surface area contributed by atoms with E-state index in [1.165, 1.54) is 12.0 Å². The molecule has 0 spiro atoms. The number of ether oxygens (including phenoxy) is 2. The highest BCUT2D eigenvalue weighted by Crippen LogP contribution is 2.38. The number of esters is 1. The summed E-state index contributed by atoms with van der Waals surface area (Å²) < 4.78 is 18.7. The Bertz CT molecular complexity index is 784. The van der Waals surface area contributed by atoms with Crippen molar-refractivity contribution < 1.29 is 18.7 Å². The summed E-state index contributed by atoms with van der Waals surface area (Å²) in [5, 5.41) is 4.79. The Labute approximate surface area is 147 Å². The molecule has 6 nitrogen and oxygen atoms in total. The number of rotatable bonds is 4. The molecule has 0 radical (unpaired) electrons. The normalized spacial score (nSPS) is 19.4. The first-order valence-corrected chi connectivity index (χ1v) is 9.15. The van der Waals surface area contributed by atoms with Gasteiger partial charge in [-0.3, -0.25) is 4.68 Å². The Hall–Kier alpha value is -2.08. The Morgan fingerprint density at radius 3 is 3.04 bits per heavy atom. The van der Waals surface area contributed by atoms with Crippen LogP contribution >= 0.6 is 0 Å². The fourth-order valence-electron chi connectivity index (χ4n) is 3.81. The van der Waals surface area contributed by atoms with Crippen molar-refractivity contribution in [3.05, 3.63) is 28.8 Å². The molecule has 2 aliphatic rings. The van der Waals surface area contributed by atoms with Gasteiger partial charge in [0.15, 0.2) is 0 Å². The second-order valence-electron chi connectivity index (χ2n) is 6.79. The molecule has 4 rings (SSSR count). The number of carbonyl (C=O) groups is 1. The number of aromatic nitrogens is 2. The van der Waals surface area contributed by atoms with E-state index in [4.69, 9.17) is 19.0 Å². The van der Waals surface area contributed by atoms with E-state index in [9.17, 15) is 4.79 Å². The van der Waals surface area contributed by atoms with Crippen LogP contribution in [0.25, 0.3) is 11.3 Å². The molecule has 1 saturated heterocycles. The van der Waals surface area contributed by atoms with Gasteiger partial charge >= 0.3 is 5.97 Å². The summed E-state index contributed by atoms with van der Waals surface area (Å²) in [5.74, 6) is 0.753. The Balaban J connectivity index is 1.63. The van der Waals surface area contributed by atoms with Crippen molar-refractivity contribution in [1.82, 2.24) is 9.78 Å². The van der Waals surface area contributed by atoms with Gasteiger partial charge in [0.25, 0.3) is 0 Å². The highest BCUT2D eigenvalue weighted by molar-refractivity contribution is 5.91. The minimum absolute atomic E-state index is 0.245. The van der Waals surface area contributed by atoms with Crippen LogP contribution in [0.1, 0.15) is 53.6 Å². The predicted octanol–water partition coefficient (Wildman–Crippen LogP) is 3.30. The highest BCUT2D eigenvalue weighted by Gasteiger charge is 2.30. The van der Waals surface area contributed by atoms with E-state index < -0.39 is 5.97 Å². The Morgan fingerprint density at radius 1 is 1.40 bits per heavy atom. The fourth-order valence-corrected chi connectivity index (χ4v) is 3.81. The second-order valence-corrected chi connectivity index (χ2v) is 6.79. The van der Waals surface area contributed by atoms with Gasteiger partial charge < -0.3 is 13.9 Å². The second kappa shape index (κ2) is 6.67. The molecule has 0 saturated carbocycles. The van der Waals surface area contributed by atoms with Gasteiger partial charge in [0.05, 0.1) is 24.9 Å². The van der Waals surface area contributed by atoms with Crippen LogP contribution in [0.4, 0.5) is 0 Å². The summed E-state index contributed by atoms with van der Waals surface area (Å²) in [4.78, 5) is 12.1. The van der Waals surface area contributed by atoms with Gasteiger partial charge in [0.2, 0.25) is 5.76 Å². The topological polar surface area (TPSA) is 66.5 Å². The van der Waals surface area contributed by atoms with E-state index in [0.29, 0.717) is 12.4 Å². The summed E-state index contributed by atoms with van der Waals surface area (Å²) in [6.07, 6.45) is 7.49. The standard InChI is InChI=1S/C19H24N2O4/c1-3-23-19(22)18-12(2)16-15(25-18)8-7-13-10-21(20-17(13)16)11-14-6-4-5-9-24-14/h10,14H,3-9,11H2,1-2H3. The lowest BCUT2D eigenvalue weighted by Crippen LogP contribution is -2.24. The molecule has 0 N–H and O–H groups in total. The van der Waals surface area contributed by atoms with E-state index in [-0.39, 0.29) is 6.10 Å². The molecule has 1 aliphatic heterocycles. The maximum Gasteiger partial charge on any atom is 0.374 e. The number of nitrogens with zero attached hydrogens (tertiary/aromatic N) is 2. The van der Waals surface area contributed by atoms with Crippen LogP contribution in [-0.2, 0) is 28.9 Å². The lowest BCUT2D eigenvalue weighted by Gasteiger charge is -2.22. The van der Waals surface area contributed by atoms with Gasteiger partial charge in [-0.1, -0.05) is 0 Å². The molecule has 3 heterocycles. The van der Waals surface area contributed by atoms with Crippen molar-refractivity contribution in [2.75, 3.05) is 13.2 Å². The smallest absolute Gasteiger partial charge is 0.374 e. The van der Waals surface area contributed by atoms with Crippen molar-refractivity contribution in [3.8, 4) is 11.3 Å². The van der Waals surface area contributed by atoms with Gasteiger partial charge in [-0.25, -0.2) is 4.79 Å². The zero-order valence-corrected chi connectivity index (χ0v) is 14.8. The molecule has 134 valence electrons. The third-order valence-corrected chi connectivity index (χ3v) is 5.04. The summed E-state index contributed by atoms with van der Waals surface area (Å²) >= 11 is 0. The largest absolute Gasteiger partial charge is 0.460 e. The molecule has 0 aromatic carbocycles. The summed E-state index contributed by atoms with van der Waals surface area (Å²) in [6, 6.07) is 0. The van der Waals surface area contributed by atoms with Crippen molar-refractivity contribution >= 4 is 5.97 Å². The molecule has 2 aromatic rings. The van der Waals surface area contributed by atoms with Crippen LogP contribution in [-0.4, -0.2) is 35.1 Å². The molecule has 0 bridgehead atoms. The number of hydrogen-bond donors (Lipinski definition) is 0. The third kappa shape index (κ3) is 2.99. The van der Waals surface area contributed by atoms with E-state index in [2.05, 4.69) is 6.20 Å². The fraction of sp³-hybridized carbons (Fsp3) is 0.579. The van der Waals surface area contributed by atoms with Gasteiger partial charge in [-0.15, -0.1) is 0 Å². The van der Waals surface area contributed by atoms with E-state index in [1.807, 2.05) is 11.6 Å². The molecule has 25 heavy (non-hydrogen) atoms. The van der Waals surface area contributed by atoms with Crippen LogP contribution in [0.2, 0.25) is 0 Å². The SMILES string of the molecule is CCOC(=O)c1oc2c(c1C)-c1nn(CC3CCCCO3)cc1CC2. The van der Waals surface area contributed by atoms with Gasteiger partial charge in [0, 0.05) is 30.4 Å². The maximum absolute atomic E-state index is 12.1. The average Bonchev–Trinajstić information content (AvgIpc) is 3.16. The third-order valence-electron chi connectivity index (χ3n) is 5.04. The van der Waals surface area contributed by atoms with Gasteiger partial charge in [0.1, 0.15) is 5.76 Å². The maximum atomic E-state index is 12.1. The monoisotopic (exact) mass is 344 g/mol. The average molecular weight is 344 g/mol. The van der Waals surface area contributed by atoms with Crippen molar-refractivity contribution in [1.29, 1.82) is 0 Å². The molecular formula is C19H24N2O4. The van der Waals surface area contributed by atoms with Crippen LogP contribution in [0.5, 0.6) is 0 Å². The molecule has 1 atom stereocenters. The lowest BCUT2D eigenvalue weighted by atomic mass is 9.94. The van der Waals surface area contributed by atoms with E-state index >= 15 is 0 Å². The van der Waals surface area contributed by atoms with Crippen LogP contribution in [0.15, 0.2) is 10.6 Å². The van der Waals surface area contributed by atoms with Crippen molar-refractivity contribution in [2.45, 2.75) is 58.6 Å². The van der Waals surface area contributed by atoms with Gasteiger partial charge in [-0.2, -0.15) is 5.10 Å². The summed E-state index contributed by atoms with van der Waals surface area (Å²) in [6.45, 7) is 5.67. The number of furan rings is 1. The minimum atomic E-state index is -0.397. The van der Waals surface area contributed by atoms with Crippen molar-refractivity contribution in [3.63, 3.8) is 0 Å². The number of fused-ring (bicyclic) bond motifs is 3. The lowest BCUT2D eigenvalue weighted by molar-refractivity contribution is 0.00402.